The quantitative estimate of drug-likeness (QED) is 0.568. The van der Waals surface area contributed by atoms with Crippen LogP contribution in [0.5, 0.6) is 5.75 Å². The molecule has 4 fully saturated rings. The molecule has 5 rings (SSSR count). The average Bonchev–Trinajstić information content (AvgIpc) is 3.40. The standard InChI is InChI=1S/C24H33NO5/c1-23-8-3-9-24(14-29-24)21(23)10-17-18(22(28)30-20(17)11-23)12-25(2)13-19(27)15-4-6-16(26)7-5-15/h4-7,17-21,26-27H,3,8-14H2,1-2H3/t17-,18-,19-,20+,21+,23+,24-/m0/s1. The number of rotatable bonds is 5. The van der Waals surface area contributed by atoms with Gasteiger partial charge in [0.05, 0.1) is 24.2 Å². The van der Waals surface area contributed by atoms with Gasteiger partial charge in [0.15, 0.2) is 0 Å². The van der Waals surface area contributed by atoms with Gasteiger partial charge >= 0.3 is 5.97 Å². The second-order valence-corrected chi connectivity index (χ2v) is 10.4. The van der Waals surface area contributed by atoms with Gasteiger partial charge in [-0.15, -0.1) is 0 Å². The molecule has 2 saturated heterocycles. The van der Waals surface area contributed by atoms with Gasteiger partial charge in [0.1, 0.15) is 11.9 Å². The highest BCUT2D eigenvalue weighted by molar-refractivity contribution is 5.75. The van der Waals surface area contributed by atoms with Crippen LogP contribution in [-0.4, -0.2) is 59.5 Å². The van der Waals surface area contributed by atoms with Crippen LogP contribution in [0, 0.1) is 23.2 Å². The molecule has 0 unspecified atom stereocenters. The van der Waals surface area contributed by atoms with E-state index in [0.29, 0.717) is 19.0 Å². The summed E-state index contributed by atoms with van der Waals surface area (Å²) in [6.07, 6.45) is 4.88. The fourth-order valence-electron chi connectivity index (χ4n) is 6.67. The van der Waals surface area contributed by atoms with E-state index in [1.165, 1.54) is 12.8 Å². The Bertz CT molecular complexity index is 806. The lowest BCUT2D eigenvalue weighted by Crippen LogP contribution is -2.51. The van der Waals surface area contributed by atoms with Crippen LogP contribution in [0.4, 0.5) is 0 Å². The smallest absolute Gasteiger partial charge is 0.310 e. The van der Waals surface area contributed by atoms with Crippen molar-refractivity contribution in [3.63, 3.8) is 0 Å². The van der Waals surface area contributed by atoms with Gasteiger partial charge in [0, 0.05) is 19.0 Å². The molecule has 30 heavy (non-hydrogen) atoms. The highest BCUT2D eigenvalue weighted by atomic mass is 16.6. The number of phenols is 1. The molecule has 7 atom stereocenters. The molecule has 1 aromatic rings. The third-order valence-corrected chi connectivity index (χ3v) is 8.35. The van der Waals surface area contributed by atoms with E-state index in [2.05, 4.69) is 6.92 Å². The van der Waals surface area contributed by atoms with Crippen molar-refractivity contribution in [2.45, 2.75) is 56.8 Å². The average molecular weight is 416 g/mol. The Morgan fingerprint density at radius 2 is 2.00 bits per heavy atom. The van der Waals surface area contributed by atoms with Crippen molar-refractivity contribution in [2.24, 2.45) is 23.2 Å². The second kappa shape index (κ2) is 7.21. The Kier molecular flexibility index (Phi) is 4.88. The number of aliphatic hydroxyl groups is 1. The first-order valence-electron chi connectivity index (χ1n) is 11.3. The lowest BCUT2D eigenvalue weighted by molar-refractivity contribution is -0.147. The zero-order valence-corrected chi connectivity index (χ0v) is 17.9. The summed E-state index contributed by atoms with van der Waals surface area (Å²) in [7, 11) is 1.95. The number of likely N-dealkylation sites (N-methyl/N-ethyl adjacent to an activating group) is 1. The molecular formula is C24H33NO5. The fourth-order valence-corrected chi connectivity index (χ4v) is 6.67. The first-order valence-corrected chi connectivity index (χ1v) is 11.3. The Balaban J connectivity index is 1.26. The molecule has 4 aliphatic rings. The van der Waals surface area contributed by atoms with Crippen molar-refractivity contribution in [3.05, 3.63) is 29.8 Å². The van der Waals surface area contributed by atoms with Crippen LogP contribution in [0.1, 0.15) is 50.7 Å². The first kappa shape index (κ1) is 20.3. The molecule has 1 spiro atoms. The highest BCUT2D eigenvalue weighted by Crippen LogP contribution is 2.62. The van der Waals surface area contributed by atoms with Crippen LogP contribution < -0.4 is 0 Å². The van der Waals surface area contributed by atoms with E-state index in [0.717, 1.165) is 31.4 Å². The van der Waals surface area contributed by atoms with Gasteiger partial charge < -0.3 is 24.6 Å². The number of nitrogens with zero attached hydrogens (tertiary/aromatic N) is 1. The topological polar surface area (TPSA) is 82.5 Å². The van der Waals surface area contributed by atoms with E-state index in [-0.39, 0.29) is 40.7 Å². The molecular weight excluding hydrogens is 382 g/mol. The third kappa shape index (κ3) is 3.43. The molecule has 2 N–H and O–H groups in total. The number of phenolic OH excluding ortho intramolecular Hbond substituents is 1. The van der Waals surface area contributed by atoms with Gasteiger partial charge in [-0.05, 0) is 68.2 Å². The molecule has 6 nitrogen and oxygen atoms in total. The summed E-state index contributed by atoms with van der Waals surface area (Å²) in [5.41, 5.74) is 1.04. The van der Waals surface area contributed by atoms with Crippen LogP contribution in [0.3, 0.4) is 0 Å². The maximum absolute atomic E-state index is 12.8. The molecule has 0 aromatic heterocycles. The maximum atomic E-state index is 12.8. The summed E-state index contributed by atoms with van der Waals surface area (Å²) in [6, 6.07) is 6.62. The lowest BCUT2D eigenvalue weighted by atomic mass is 9.53. The number of ether oxygens (including phenoxy) is 2. The highest BCUT2D eigenvalue weighted by Gasteiger charge is 2.65. The van der Waals surface area contributed by atoms with Crippen molar-refractivity contribution in [3.8, 4) is 5.75 Å². The summed E-state index contributed by atoms with van der Waals surface area (Å²) >= 11 is 0. The summed E-state index contributed by atoms with van der Waals surface area (Å²) in [5, 5.41) is 20.0. The molecule has 6 heteroatoms. The Hall–Kier alpha value is -1.63. The van der Waals surface area contributed by atoms with Crippen LogP contribution in [0.15, 0.2) is 24.3 Å². The molecule has 164 valence electrons. The summed E-state index contributed by atoms with van der Waals surface area (Å²) in [4.78, 5) is 14.8. The van der Waals surface area contributed by atoms with Crippen LogP contribution in [-0.2, 0) is 14.3 Å². The van der Waals surface area contributed by atoms with Crippen molar-refractivity contribution >= 4 is 5.97 Å². The molecule has 0 radical (unpaired) electrons. The van der Waals surface area contributed by atoms with E-state index in [4.69, 9.17) is 9.47 Å². The fraction of sp³-hybridized carbons (Fsp3) is 0.708. The molecule has 2 aliphatic carbocycles. The zero-order chi connectivity index (χ0) is 21.1. The Labute approximate surface area is 178 Å². The Morgan fingerprint density at radius 3 is 2.70 bits per heavy atom. The normalized spacial score (nSPS) is 40.7. The molecule has 1 aromatic carbocycles. The second-order valence-electron chi connectivity index (χ2n) is 10.4. The van der Waals surface area contributed by atoms with Crippen molar-refractivity contribution in [1.29, 1.82) is 0 Å². The molecule has 0 amide bonds. The number of esters is 1. The number of carbonyl (C=O) groups is 1. The van der Waals surface area contributed by atoms with Crippen LogP contribution >= 0.6 is 0 Å². The largest absolute Gasteiger partial charge is 0.508 e. The maximum Gasteiger partial charge on any atom is 0.310 e. The minimum Gasteiger partial charge on any atom is -0.508 e. The zero-order valence-electron chi connectivity index (χ0n) is 17.9. The Morgan fingerprint density at radius 1 is 1.27 bits per heavy atom. The minimum absolute atomic E-state index is 0.0214. The number of aromatic hydroxyl groups is 1. The summed E-state index contributed by atoms with van der Waals surface area (Å²) in [5.74, 6) is 0.717. The van der Waals surface area contributed by atoms with Gasteiger partial charge in [-0.25, -0.2) is 0 Å². The monoisotopic (exact) mass is 415 g/mol. The van der Waals surface area contributed by atoms with Gasteiger partial charge in [-0.1, -0.05) is 19.1 Å². The number of carbonyl (C=O) groups excluding carboxylic acids is 1. The number of aliphatic hydroxyl groups excluding tert-OH is 1. The van der Waals surface area contributed by atoms with E-state index in [1.54, 1.807) is 24.3 Å². The third-order valence-electron chi connectivity index (χ3n) is 8.35. The van der Waals surface area contributed by atoms with Crippen molar-refractivity contribution < 1.29 is 24.5 Å². The van der Waals surface area contributed by atoms with Crippen molar-refractivity contribution in [1.82, 2.24) is 4.90 Å². The van der Waals surface area contributed by atoms with Gasteiger partial charge in [0.2, 0.25) is 0 Å². The van der Waals surface area contributed by atoms with E-state index in [9.17, 15) is 15.0 Å². The number of benzene rings is 1. The number of hydrogen-bond donors (Lipinski definition) is 2. The van der Waals surface area contributed by atoms with Gasteiger partial charge in [0.25, 0.3) is 0 Å². The first-order chi connectivity index (χ1) is 14.3. The van der Waals surface area contributed by atoms with E-state index >= 15 is 0 Å². The molecule has 0 bridgehead atoms. The van der Waals surface area contributed by atoms with Gasteiger partial charge in [-0.2, -0.15) is 0 Å². The lowest BCUT2D eigenvalue weighted by Gasteiger charge is -2.51. The predicted octanol–water partition coefficient (Wildman–Crippen LogP) is 2.88. The summed E-state index contributed by atoms with van der Waals surface area (Å²) < 4.78 is 11.9. The number of hydrogen-bond acceptors (Lipinski definition) is 6. The van der Waals surface area contributed by atoms with E-state index < -0.39 is 6.10 Å². The minimum atomic E-state index is -0.667. The number of fused-ring (bicyclic) bond motifs is 3. The molecule has 2 aliphatic heterocycles. The van der Waals surface area contributed by atoms with E-state index in [1.807, 2.05) is 11.9 Å². The van der Waals surface area contributed by atoms with Crippen LogP contribution in [0.2, 0.25) is 0 Å². The van der Waals surface area contributed by atoms with Crippen LogP contribution in [0.25, 0.3) is 0 Å². The molecule has 2 saturated carbocycles. The van der Waals surface area contributed by atoms with Crippen molar-refractivity contribution in [2.75, 3.05) is 26.7 Å². The molecule has 2 heterocycles. The van der Waals surface area contributed by atoms with Gasteiger partial charge in [-0.3, -0.25) is 4.79 Å². The summed E-state index contributed by atoms with van der Waals surface area (Å²) in [6.45, 7) is 4.27. The number of epoxide rings is 1. The predicted molar refractivity (Wildman–Crippen MR) is 111 cm³/mol. The SMILES string of the molecule is CN(C[C@@H]1C(=O)O[C@@H]2C[C@@]3(C)CCC[C@]4(CO4)[C@@H]3C[C@@H]12)C[C@H](O)c1ccc(O)cc1.